The van der Waals surface area contributed by atoms with Crippen LogP contribution in [-0.2, 0) is 0 Å². The first-order valence-electron chi connectivity index (χ1n) is 8.61. The van der Waals surface area contributed by atoms with Crippen molar-refractivity contribution in [1.82, 2.24) is 9.55 Å². The number of aromatic nitrogens is 2. The molecular weight excluding hydrogens is 461 g/mol. The van der Waals surface area contributed by atoms with Gasteiger partial charge in [-0.05, 0) is 59.0 Å². The second-order valence-electron chi connectivity index (χ2n) is 6.14. The van der Waals surface area contributed by atoms with E-state index in [4.69, 9.17) is 0 Å². The van der Waals surface area contributed by atoms with Gasteiger partial charge in [-0.2, -0.15) is 5.26 Å². The fourth-order valence-corrected chi connectivity index (χ4v) is 3.74. The summed E-state index contributed by atoms with van der Waals surface area (Å²) in [5, 5.41) is 9.52. The number of hydrogen-bond acceptors (Lipinski definition) is 3. The topological polar surface area (TPSA) is 58.7 Å². The summed E-state index contributed by atoms with van der Waals surface area (Å²) < 4.78 is 2.59. The Balaban J connectivity index is 2.07. The van der Waals surface area contributed by atoms with Gasteiger partial charge >= 0.3 is 0 Å². The standard InChI is InChI=1S/C23H14IN3O/c24-20-9-3-4-11-22(20)27-15-17(21-10-5-6-12-26-21)13-19(23(27)28)18-8-2-1-7-16(18)14-25/h1-13,15H. The average molecular weight is 475 g/mol. The van der Waals surface area contributed by atoms with Gasteiger partial charge in [-0.1, -0.05) is 36.4 Å². The lowest BCUT2D eigenvalue weighted by atomic mass is 9.99. The number of benzene rings is 2. The van der Waals surface area contributed by atoms with Crippen LogP contribution in [0, 0.1) is 14.9 Å². The number of nitrogens with zero attached hydrogens (tertiary/aromatic N) is 3. The predicted molar refractivity (Wildman–Crippen MR) is 118 cm³/mol. The van der Waals surface area contributed by atoms with E-state index >= 15 is 0 Å². The lowest BCUT2D eigenvalue weighted by Crippen LogP contribution is -2.21. The molecule has 0 unspecified atom stereocenters. The summed E-state index contributed by atoms with van der Waals surface area (Å²) in [6, 6.07) is 24.5. The molecule has 0 aliphatic carbocycles. The molecule has 28 heavy (non-hydrogen) atoms. The van der Waals surface area contributed by atoms with Crippen LogP contribution >= 0.6 is 22.6 Å². The van der Waals surface area contributed by atoms with Crippen LogP contribution in [0.4, 0.5) is 0 Å². The maximum Gasteiger partial charge on any atom is 0.263 e. The summed E-state index contributed by atoms with van der Waals surface area (Å²) in [4.78, 5) is 17.8. The summed E-state index contributed by atoms with van der Waals surface area (Å²) in [5.74, 6) is 0. The van der Waals surface area contributed by atoms with Crippen LogP contribution in [-0.4, -0.2) is 9.55 Å². The second kappa shape index (κ2) is 7.79. The molecule has 0 N–H and O–H groups in total. The molecule has 0 aliphatic heterocycles. The zero-order valence-corrected chi connectivity index (χ0v) is 16.9. The minimum absolute atomic E-state index is 0.175. The molecule has 4 aromatic rings. The molecule has 0 bridgehead atoms. The minimum atomic E-state index is -0.175. The molecule has 0 amide bonds. The molecule has 2 aromatic carbocycles. The van der Waals surface area contributed by atoms with Gasteiger partial charge < -0.3 is 0 Å². The quantitative estimate of drug-likeness (QED) is 0.390. The molecule has 2 aromatic heterocycles. The lowest BCUT2D eigenvalue weighted by molar-refractivity contribution is 0.986. The number of halogens is 1. The van der Waals surface area contributed by atoms with E-state index in [0.717, 1.165) is 20.5 Å². The van der Waals surface area contributed by atoms with E-state index in [9.17, 15) is 10.1 Å². The first-order valence-corrected chi connectivity index (χ1v) is 9.69. The Morgan fingerprint density at radius 2 is 1.68 bits per heavy atom. The molecule has 0 atom stereocenters. The summed E-state index contributed by atoms with van der Waals surface area (Å²) in [6.45, 7) is 0. The summed E-state index contributed by atoms with van der Waals surface area (Å²) in [7, 11) is 0. The lowest BCUT2D eigenvalue weighted by Gasteiger charge is -2.14. The fraction of sp³-hybridized carbons (Fsp3) is 0. The molecule has 4 rings (SSSR count). The third kappa shape index (κ3) is 3.35. The fourth-order valence-electron chi connectivity index (χ4n) is 3.09. The summed E-state index contributed by atoms with van der Waals surface area (Å²) in [6.07, 6.45) is 3.53. The molecule has 0 fully saturated rings. The minimum Gasteiger partial charge on any atom is -0.282 e. The van der Waals surface area contributed by atoms with Crippen molar-refractivity contribution < 1.29 is 0 Å². The third-order valence-electron chi connectivity index (χ3n) is 4.43. The summed E-state index contributed by atoms with van der Waals surface area (Å²) >= 11 is 2.22. The van der Waals surface area contributed by atoms with Gasteiger partial charge in [0.15, 0.2) is 0 Å². The van der Waals surface area contributed by atoms with Crippen molar-refractivity contribution in [3.63, 3.8) is 0 Å². The van der Waals surface area contributed by atoms with Gasteiger partial charge in [0.1, 0.15) is 0 Å². The maximum absolute atomic E-state index is 13.4. The van der Waals surface area contributed by atoms with Gasteiger partial charge in [0.2, 0.25) is 0 Å². The molecule has 0 radical (unpaired) electrons. The highest BCUT2D eigenvalue weighted by atomic mass is 127. The largest absolute Gasteiger partial charge is 0.282 e. The number of hydrogen-bond donors (Lipinski definition) is 0. The average Bonchev–Trinajstić information content (AvgIpc) is 2.75. The van der Waals surface area contributed by atoms with Crippen molar-refractivity contribution in [2.24, 2.45) is 0 Å². The molecule has 5 heteroatoms. The van der Waals surface area contributed by atoms with Gasteiger partial charge in [0.05, 0.1) is 23.0 Å². The third-order valence-corrected chi connectivity index (χ3v) is 5.34. The normalized spacial score (nSPS) is 10.4. The van der Waals surface area contributed by atoms with Crippen LogP contribution in [0.2, 0.25) is 0 Å². The Kier molecular flexibility index (Phi) is 5.04. The second-order valence-corrected chi connectivity index (χ2v) is 7.30. The molecule has 0 aliphatic rings. The van der Waals surface area contributed by atoms with E-state index in [1.807, 2.05) is 54.6 Å². The SMILES string of the molecule is N#Cc1ccccc1-c1cc(-c2ccccn2)cn(-c2ccccc2I)c1=O. The van der Waals surface area contributed by atoms with Crippen LogP contribution in [0.5, 0.6) is 0 Å². The number of nitriles is 1. The molecule has 0 saturated carbocycles. The van der Waals surface area contributed by atoms with Gasteiger partial charge in [-0.25, -0.2) is 0 Å². The zero-order valence-electron chi connectivity index (χ0n) is 14.7. The smallest absolute Gasteiger partial charge is 0.263 e. The highest BCUT2D eigenvalue weighted by Crippen LogP contribution is 2.27. The molecular formula is C23H14IN3O. The maximum atomic E-state index is 13.4. The van der Waals surface area contributed by atoms with Crippen molar-refractivity contribution in [1.29, 1.82) is 5.26 Å². The summed E-state index contributed by atoms with van der Waals surface area (Å²) in [5.41, 5.74) is 3.74. The Hall–Kier alpha value is -3.24. The van der Waals surface area contributed by atoms with Gasteiger partial charge in [0.25, 0.3) is 5.56 Å². The van der Waals surface area contributed by atoms with Gasteiger partial charge in [-0.15, -0.1) is 0 Å². The van der Waals surface area contributed by atoms with Gasteiger partial charge in [0, 0.05) is 32.7 Å². The molecule has 0 spiro atoms. The van der Waals surface area contributed by atoms with Crippen molar-refractivity contribution >= 4 is 22.6 Å². The molecule has 134 valence electrons. The molecule has 2 heterocycles. The zero-order chi connectivity index (χ0) is 19.5. The highest BCUT2D eigenvalue weighted by Gasteiger charge is 2.15. The van der Waals surface area contributed by atoms with Crippen molar-refractivity contribution in [2.75, 3.05) is 0 Å². The molecule has 0 saturated heterocycles. The first-order chi connectivity index (χ1) is 13.7. The van der Waals surface area contributed by atoms with E-state index in [1.165, 1.54) is 0 Å². The number of para-hydroxylation sites is 1. The van der Waals surface area contributed by atoms with E-state index in [2.05, 4.69) is 33.6 Å². The molecule has 4 nitrogen and oxygen atoms in total. The van der Waals surface area contributed by atoms with Crippen LogP contribution in [0.25, 0.3) is 28.1 Å². The van der Waals surface area contributed by atoms with Crippen molar-refractivity contribution in [3.8, 4) is 34.1 Å². The Bertz CT molecular complexity index is 1260. The van der Waals surface area contributed by atoms with Crippen LogP contribution in [0.1, 0.15) is 5.56 Å². The van der Waals surface area contributed by atoms with Crippen LogP contribution in [0.15, 0.2) is 90.0 Å². The Labute approximate surface area is 175 Å². The monoisotopic (exact) mass is 475 g/mol. The highest BCUT2D eigenvalue weighted by molar-refractivity contribution is 14.1. The van der Waals surface area contributed by atoms with Crippen LogP contribution in [0.3, 0.4) is 0 Å². The first kappa shape index (κ1) is 18.1. The van der Waals surface area contributed by atoms with E-state index in [-0.39, 0.29) is 5.56 Å². The van der Waals surface area contributed by atoms with Gasteiger partial charge in [-0.3, -0.25) is 14.3 Å². The Morgan fingerprint density at radius 1 is 0.929 bits per heavy atom. The van der Waals surface area contributed by atoms with Crippen LogP contribution < -0.4 is 5.56 Å². The van der Waals surface area contributed by atoms with E-state index in [1.54, 1.807) is 35.2 Å². The Morgan fingerprint density at radius 3 is 2.43 bits per heavy atom. The number of rotatable bonds is 3. The number of pyridine rings is 2. The van der Waals surface area contributed by atoms with Crippen molar-refractivity contribution in [2.45, 2.75) is 0 Å². The van der Waals surface area contributed by atoms with E-state index < -0.39 is 0 Å². The van der Waals surface area contributed by atoms with Crippen molar-refractivity contribution in [3.05, 3.63) is 105 Å². The van der Waals surface area contributed by atoms with E-state index in [0.29, 0.717) is 16.7 Å². The predicted octanol–water partition coefficient (Wildman–Crippen LogP) is 5.04.